The van der Waals surface area contributed by atoms with Crippen LogP contribution in [0.4, 0.5) is 0 Å². The number of Topliss-reactive ketones (excluding diaryl/α,β-unsaturated/α-hetero) is 1. The van der Waals surface area contributed by atoms with Gasteiger partial charge in [-0.25, -0.2) is 0 Å². The maximum atomic E-state index is 12.7. The van der Waals surface area contributed by atoms with Crippen molar-refractivity contribution in [3.8, 4) is 11.5 Å². The molecule has 0 spiro atoms. The fourth-order valence-corrected chi connectivity index (χ4v) is 3.79. The molecule has 1 saturated heterocycles. The SMILES string of the molecule is O=C1/C(=C/C=C/c2ccccc2)Oc2c1ccc(O)c2CN1CCCCCC1. The van der Waals surface area contributed by atoms with E-state index in [1.807, 2.05) is 42.5 Å². The number of nitrogens with zero attached hydrogens (tertiary/aromatic N) is 1. The van der Waals surface area contributed by atoms with E-state index < -0.39 is 0 Å². The van der Waals surface area contributed by atoms with E-state index in [0.29, 0.717) is 29.2 Å². The average molecular weight is 375 g/mol. The van der Waals surface area contributed by atoms with Crippen molar-refractivity contribution in [3.05, 3.63) is 77.1 Å². The van der Waals surface area contributed by atoms with Gasteiger partial charge in [0.1, 0.15) is 11.5 Å². The van der Waals surface area contributed by atoms with Crippen molar-refractivity contribution in [1.82, 2.24) is 4.90 Å². The molecular weight excluding hydrogens is 350 g/mol. The minimum Gasteiger partial charge on any atom is -0.507 e. The molecule has 28 heavy (non-hydrogen) atoms. The number of ether oxygens (including phenoxy) is 1. The Kier molecular flexibility index (Phi) is 5.58. The standard InChI is InChI=1S/C24H25NO3/c26-21-14-13-19-23(27)22(12-8-11-18-9-4-3-5-10-18)28-24(19)20(21)17-25-15-6-1-2-7-16-25/h3-5,8-14,26H,1-2,6-7,15-17H2/b11-8+,22-12-. The van der Waals surface area contributed by atoms with E-state index in [9.17, 15) is 9.90 Å². The molecule has 4 heteroatoms. The number of fused-ring (bicyclic) bond motifs is 1. The smallest absolute Gasteiger partial charge is 0.231 e. The Morgan fingerprint density at radius 3 is 2.50 bits per heavy atom. The van der Waals surface area contributed by atoms with Crippen LogP contribution in [0.2, 0.25) is 0 Å². The second kappa shape index (κ2) is 8.44. The first kappa shape index (κ1) is 18.5. The number of aromatic hydroxyl groups is 1. The zero-order valence-electron chi connectivity index (χ0n) is 15.9. The highest BCUT2D eigenvalue weighted by atomic mass is 16.5. The molecule has 4 nitrogen and oxygen atoms in total. The predicted octanol–water partition coefficient (Wildman–Crippen LogP) is 4.94. The fraction of sp³-hybridized carbons (Fsp3) is 0.292. The molecule has 2 aliphatic rings. The number of rotatable bonds is 4. The average Bonchev–Trinajstić information content (AvgIpc) is 2.87. The Hall–Kier alpha value is -2.85. The molecule has 2 heterocycles. The Labute approximate surface area is 165 Å². The normalized spacial score (nSPS) is 19.0. The summed E-state index contributed by atoms with van der Waals surface area (Å²) in [6.07, 6.45) is 10.3. The second-order valence-electron chi connectivity index (χ2n) is 7.36. The van der Waals surface area contributed by atoms with Gasteiger partial charge >= 0.3 is 0 Å². The highest BCUT2D eigenvalue weighted by Gasteiger charge is 2.31. The number of ketones is 1. The molecular formula is C24H25NO3. The van der Waals surface area contributed by atoms with Crippen LogP contribution in [0, 0.1) is 0 Å². The van der Waals surface area contributed by atoms with Gasteiger partial charge in [0.25, 0.3) is 0 Å². The summed E-state index contributed by atoms with van der Waals surface area (Å²) in [6.45, 7) is 2.63. The van der Waals surface area contributed by atoms with Crippen LogP contribution in [-0.4, -0.2) is 28.9 Å². The quantitative estimate of drug-likeness (QED) is 0.769. The highest BCUT2D eigenvalue weighted by Crippen LogP contribution is 2.39. The third-order valence-corrected chi connectivity index (χ3v) is 5.33. The van der Waals surface area contributed by atoms with Gasteiger partial charge in [0, 0.05) is 6.54 Å². The number of hydrogen-bond donors (Lipinski definition) is 1. The molecule has 0 atom stereocenters. The van der Waals surface area contributed by atoms with Gasteiger partial charge < -0.3 is 9.84 Å². The third kappa shape index (κ3) is 4.02. The molecule has 2 aliphatic heterocycles. The molecule has 0 aliphatic carbocycles. The van der Waals surface area contributed by atoms with Crippen LogP contribution in [-0.2, 0) is 6.54 Å². The first-order valence-electron chi connectivity index (χ1n) is 9.95. The van der Waals surface area contributed by atoms with Crippen LogP contribution < -0.4 is 4.74 Å². The molecule has 1 N–H and O–H groups in total. The summed E-state index contributed by atoms with van der Waals surface area (Å²) < 4.78 is 5.92. The van der Waals surface area contributed by atoms with Gasteiger partial charge in [-0.2, -0.15) is 0 Å². The summed E-state index contributed by atoms with van der Waals surface area (Å²) >= 11 is 0. The molecule has 0 radical (unpaired) electrons. The highest BCUT2D eigenvalue weighted by molar-refractivity contribution is 6.12. The number of carbonyl (C=O) groups excluding carboxylic acids is 1. The van der Waals surface area contributed by atoms with Crippen LogP contribution in [0.5, 0.6) is 11.5 Å². The van der Waals surface area contributed by atoms with Gasteiger partial charge in [-0.3, -0.25) is 9.69 Å². The van der Waals surface area contributed by atoms with Crippen molar-refractivity contribution in [3.63, 3.8) is 0 Å². The van der Waals surface area contributed by atoms with E-state index in [1.54, 1.807) is 18.2 Å². The molecule has 4 rings (SSSR count). The summed E-state index contributed by atoms with van der Waals surface area (Å²) in [5, 5.41) is 10.4. The van der Waals surface area contributed by atoms with Crippen molar-refractivity contribution in [2.45, 2.75) is 32.2 Å². The number of carbonyl (C=O) groups is 1. The van der Waals surface area contributed by atoms with Crippen molar-refractivity contribution in [2.75, 3.05) is 13.1 Å². The van der Waals surface area contributed by atoms with E-state index >= 15 is 0 Å². The van der Waals surface area contributed by atoms with E-state index in [0.717, 1.165) is 18.7 Å². The van der Waals surface area contributed by atoms with Gasteiger partial charge in [0.05, 0.1) is 11.1 Å². The van der Waals surface area contributed by atoms with Gasteiger partial charge in [-0.05, 0) is 49.7 Å². The maximum absolute atomic E-state index is 12.7. The Bertz CT molecular complexity index is 907. The van der Waals surface area contributed by atoms with Crippen molar-refractivity contribution >= 4 is 11.9 Å². The number of phenolic OH excluding ortho intramolecular Hbond substituents is 1. The van der Waals surface area contributed by atoms with Crippen molar-refractivity contribution in [2.24, 2.45) is 0 Å². The molecule has 0 unspecified atom stereocenters. The molecule has 2 aromatic carbocycles. The second-order valence-corrected chi connectivity index (χ2v) is 7.36. The topological polar surface area (TPSA) is 49.8 Å². The van der Waals surface area contributed by atoms with E-state index in [2.05, 4.69) is 4.90 Å². The van der Waals surface area contributed by atoms with Gasteiger partial charge in [0.15, 0.2) is 5.76 Å². The van der Waals surface area contributed by atoms with E-state index in [4.69, 9.17) is 4.74 Å². The van der Waals surface area contributed by atoms with E-state index in [-0.39, 0.29) is 11.5 Å². The third-order valence-electron chi connectivity index (χ3n) is 5.33. The molecule has 0 saturated carbocycles. The predicted molar refractivity (Wildman–Crippen MR) is 110 cm³/mol. The number of phenols is 1. The first-order valence-corrected chi connectivity index (χ1v) is 9.95. The minimum absolute atomic E-state index is 0.134. The lowest BCUT2D eigenvalue weighted by Crippen LogP contribution is -2.24. The van der Waals surface area contributed by atoms with E-state index in [1.165, 1.54) is 25.7 Å². The summed E-state index contributed by atoms with van der Waals surface area (Å²) in [5.41, 5.74) is 2.30. The van der Waals surface area contributed by atoms with Crippen LogP contribution in [0.1, 0.15) is 47.2 Å². The summed E-state index contributed by atoms with van der Waals surface area (Å²) in [4.78, 5) is 15.1. The summed E-state index contributed by atoms with van der Waals surface area (Å²) in [5.74, 6) is 0.861. The van der Waals surface area contributed by atoms with Gasteiger partial charge in [-0.15, -0.1) is 0 Å². The van der Waals surface area contributed by atoms with Crippen molar-refractivity contribution in [1.29, 1.82) is 0 Å². The molecule has 1 fully saturated rings. The number of benzene rings is 2. The lowest BCUT2D eigenvalue weighted by Gasteiger charge is -2.21. The maximum Gasteiger partial charge on any atom is 0.231 e. The van der Waals surface area contributed by atoms with Crippen LogP contribution in [0.15, 0.2) is 60.4 Å². The summed E-state index contributed by atoms with van der Waals surface area (Å²) in [6, 6.07) is 13.2. The number of likely N-dealkylation sites (tertiary alicyclic amines) is 1. The Morgan fingerprint density at radius 1 is 1.00 bits per heavy atom. The first-order chi connectivity index (χ1) is 13.7. The van der Waals surface area contributed by atoms with Crippen LogP contribution in [0.3, 0.4) is 0 Å². The van der Waals surface area contributed by atoms with Gasteiger partial charge in [0.2, 0.25) is 5.78 Å². The molecule has 0 amide bonds. The lowest BCUT2D eigenvalue weighted by molar-refractivity contribution is 0.101. The Morgan fingerprint density at radius 2 is 1.75 bits per heavy atom. The van der Waals surface area contributed by atoms with Gasteiger partial charge in [-0.1, -0.05) is 55.3 Å². The molecule has 0 bridgehead atoms. The lowest BCUT2D eigenvalue weighted by atomic mass is 10.0. The number of hydrogen-bond acceptors (Lipinski definition) is 4. The zero-order valence-corrected chi connectivity index (χ0v) is 15.9. The van der Waals surface area contributed by atoms with Crippen LogP contribution in [0.25, 0.3) is 6.08 Å². The van der Waals surface area contributed by atoms with Crippen molar-refractivity contribution < 1.29 is 14.6 Å². The fourth-order valence-electron chi connectivity index (χ4n) is 3.79. The summed E-state index contributed by atoms with van der Waals surface area (Å²) in [7, 11) is 0. The minimum atomic E-state index is -0.134. The monoisotopic (exact) mass is 375 g/mol. The van der Waals surface area contributed by atoms with Crippen LogP contribution >= 0.6 is 0 Å². The molecule has 0 aromatic heterocycles. The largest absolute Gasteiger partial charge is 0.507 e. The number of allylic oxidation sites excluding steroid dienone is 3. The molecule has 2 aromatic rings. The zero-order chi connectivity index (χ0) is 19.3. The molecule has 144 valence electrons. The Balaban J connectivity index is 1.56.